The van der Waals surface area contributed by atoms with Crippen molar-refractivity contribution in [3.8, 4) is 0 Å². The summed E-state index contributed by atoms with van der Waals surface area (Å²) in [6.45, 7) is 5.71. The van der Waals surface area contributed by atoms with E-state index in [9.17, 15) is 14.4 Å². The summed E-state index contributed by atoms with van der Waals surface area (Å²) < 4.78 is 5.05. The second kappa shape index (κ2) is 11.9. The molecule has 0 bridgehead atoms. The number of hydrogen-bond acceptors (Lipinski definition) is 7. The Bertz CT molecular complexity index is 1120. The lowest BCUT2D eigenvalue weighted by Gasteiger charge is -2.29. The first-order valence-electron chi connectivity index (χ1n) is 11.4. The summed E-state index contributed by atoms with van der Waals surface area (Å²) in [4.78, 5) is 40.1. The third-order valence-corrected chi connectivity index (χ3v) is 5.39. The van der Waals surface area contributed by atoms with Gasteiger partial charge in [0.05, 0.1) is 6.61 Å². The van der Waals surface area contributed by atoms with Gasteiger partial charge in [-0.1, -0.05) is 49.4 Å². The van der Waals surface area contributed by atoms with Crippen LogP contribution in [-0.4, -0.2) is 69.0 Å². The Hall–Kier alpha value is -3.82. The van der Waals surface area contributed by atoms with E-state index in [1.807, 2.05) is 44.2 Å². The fourth-order valence-electron chi connectivity index (χ4n) is 3.61. The van der Waals surface area contributed by atoms with Crippen molar-refractivity contribution in [3.05, 3.63) is 53.9 Å². The van der Waals surface area contributed by atoms with Gasteiger partial charge in [-0.3, -0.25) is 14.4 Å². The molecule has 1 heterocycles. The number of carbonyl (C=O) groups excluding carboxylic acids is 3. The van der Waals surface area contributed by atoms with E-state index < -0.39 is 12.0 Å². The highest BCUT2D eigenvalue weighted by molar-refractivity contribution is 6.01. The average molecular weight is 467 g/mol. The molecule has 10 nitrogen and oxygen atoms in total. The van der Waals surface area contributed by atoms with Gasteiger partial charge in [-0.2, -0.15) is 5.21 Å². The van der Waals surface area contributed by atoms with Crippen LogP contribution in [0.3, 0.4) is 0 Å². The van der Waals surface area contributed by atoms with E-state index in [1.54, 1.807) is 19.1 Å². The molecule has 2 aromatic carbocycles. The molecule has 0 spiro atoms. The third-order valence-electron chi connectivity index (χ3n) is 5.39. The van der Waals surface area contributed by atoms with E-state index >= 15 is 0 Å². The summed E-state index contributed by atoms with van der Waals surface area (Å²) in [6, 6.07) is 12.4. The maximum Gasteiger partial charge on any atom is 0.325 e. The number of carbonyl (C=O) groups is 3. The molecule has 2 N–H and O–H groups in total. The molecule has 0 aliphatic carbocycles. The van der Waals surface area contributed by atoms with Crippen LogP contribution in [0.25, 0.3) is 10.8 Å². The van der Waals surface area contributed by atoms with Gasteiger partial charge in [0.15, 0.2) is 5.82 Å². The molecule has 0 aliphatic rings. The Morgan fingerprint density at radius 1 is 1.12 bits per heavy atom. The molecule has 3 rings (SSSR count). The molecule has 0 fully saturated rings. The fourth-order valence-corrected chi connectivity index (χ4v) is 3.61. The first kappa shape index (κ1) is 24.8. The molecule has 0 saturated heterocycles. The van der Waals surface area contributed by atoms with E-state index in [0.29, 0.717) is 24.2 Å². The number of aryl methyl sites for hydroxylation is 1. The van der Waals surface area contributed by atoms with Crippen LogP contribution in [0.2, 0.25) is 0 Å². The van der Waals surface area contributed by atoms with Crippen LogP contribution in [-0.2, 0) is 20.7 Å². The van der Waals surface area contributed by atoms with E-state index in [-0.39, 0.29) is 37.4 Å². The van der Waals surface area contributed by atoms with Crippen molar-refractivity contribution in [2.75, 3.05) is 19.7 Å². The SMILES string of the molecule is CCOC(=O)CN(CCCc1nn[nH]n1)C(=O)[C@@H](NC(=O)c1ccc2ccccc2c1)C(C)C. The zero-order chi connectivity index (χ0) is 24.5. The Labute approximate surface area is 198 Å². The number of nitrogens with one attached hydrogen (secondary N) is 2. The van der Waals surface area contributed by atoms with Crippen LogP contribution in [0.1, 0.15) is 43.4 Å². The van der Waals surface area contributed by atoms with Crippen molar-refractivity contribution in [2.24, 2.45) is 5.92 Å². The fraction of sp³-hybridized carbons (Fsp3) is 0.417. The lowest BCUT2D eigenvalue weighted by atomic mass is 10.0. The number of rotatable bonds is 11. The van der Waals surface area contributed by atoms with Crippen LogP contribution in [0.5, 0.6) is 0 Å². The predicted octanol–water partition coefficient (Wildman–Crippen LogP) is 2.13. The molecule has 1 atom stereocenters. The molecule has 3 aromatic rings. The van der Waals surface area contributed by atoms with Crippen molar-refractivity contribution in [2.45, 2.75) is 39.7 Å². The number of esters is 1. The number of H-pyrrole nitrogens is 1. The van der Waals surface area contributed by atoms with E-state index in [1.165, 1.54) is 4.90 Å². The number of fused-ring (bicyclic) bond motifs is 1. The smallest absolute Gasteiger partial charge is 0.325 e. The first-order chi connectivity index (χ1) is 16.4. The zero-order valence-electron chi connectivity index (χ0n) is 19.7. The van der Waals surface area contributed by atoms with E-state index in [2.05, 4.69) is 25.9 Å². The average Bonchev–Trinajstić information content (AvgIpc) is 3.34. The van der Waals surface area contributed by atoms with Crippen LogP contribution in [0, 0.1) is 5.92 Å². The van der Waals surface area contributed by atoms with Crippen LogP contribution in [0.4, 0.5) is 0 Å². The minimum Gasteiger partial charge on any atom is -0.465 e. The summed E-state index contributed by atoms with van der Waals surface area (Å²) in [5.41, 5.74) is 0.464. The van der Waals surface area contributed by atoms with Gasteiger partial charge in [0.25, 0.3) is 5.91 Å². The summed E-state index contributed by atoms with van der Waals surface area (Å²) in [5, 5.41) is 18.6. The Morgan fingerprint density at radius 3 is 2.56 bits per heavy atom. The van der Waals surface area contributed by atoms with Gasteiger partial charge in [0.2, 0.25) is 5.91 Å². The molecular weight excluding hydrogens is 436 g/mol. The second-order valence-electron chi connectivity index (χ2n) is 8.25. The number of tetrazole rings is 1. The highest BCUT2D eigenvalue weighted by atomic mass is 16.5. The number of benzene rings is 2. The van der Waals surface area contributed by atoms with E-state index in [4.69, 9.17) is 4.74 Å². The van der Waals surface area contributed by atoms with Crippen LogP contribution < -0.4 is 5.32 Å². The van der Waals surface area contributed by atoms with Crippen molar-refractivity contribution in [1.29, 1.82) is 0 Å². The summed E-state index contributed by atoms with van der Waals surface area (Å²) in [5.74, 6) is -0.864. The first-order valence-corrected chi connectivity index (χ1v) is 11.4. The van der Waals surface area contributed by atoms with Gasteiger partial charge >= 0.3 is 5.97 Å². The molecule has 0 aliphatic heterocycles. The number of aromatic amines is 1. The maximum atomic E-state index is 13.4. The molecular formula is C24H30N6O4. The quantitative estimate of drug-likeness (QED) is 0.414. The largest absolute Gasteiger partial charge is 0.465 e. The number of nitrogens with zero attached hydrogens (tertiary/aromatic N) is 4. The highest BCUT2D eigenvalue weighted by Crippen LogP contribution is 2.16. The molecule has 34 heavy (non-hydrogen) atoms. The Morgan fingerprint density at radius 2 is 1.88 bits per heavy atom. The summed E-state index contributed by atoms with van der Waals surface area (Å²) in [7, 11) is 0. The second-order valence-corrected chi connectivity index (χ2v) is 8.25. The van der Waals surface area contributed by atoms with Crippen molar-refractivity contribution < 1.29 is 19.1 Å². The molecule has 0 saturated carbocycles. The maximum absolute atomic E-state index is 13.4. The van der Waals surface area contributed by atoms with Gasteiger partial charge in [-0.25, -0.2) is 0 Å². The predicted molar refractivity (Wildman–Crippen MR) is 126 cm³/mol. The van der Waals surface area contributed by atoms with Crippen LogP contribution >= 0.6 is 0 Å². The van der Waals surface area contributed by atoms with Crippen LogP contribution in [0.15, 0.2) is 42.5 Å². The van der Waals surface area contributed by atoms with Gasteiger partial charge < -0.3 is 15.0 Å². The summed E-state index contributed by atoms with van der Waals surface area (Å²) >= 11 is 0. The highest BCUT2D eigenvalue weighted by Gasteiger charge is 2.30. The molecule has 0 unspecified atom stereocenters. The number of hydrogen-bond donors (Lipinski definition) is 2. The standard InChI is InChI=1S/C24H30N6O4/c1-4-34-21(31)15-30(13-7-10-20-26-28-29-27-20)24(33)22(16(2)3)25-23(32)19-12-11-17-8-5-6-9-18(17)14-19/h5-6,8-9,11-12,14,16,22H,4,7,10,13,15H2,1-3H3,(H,25,32)(H,26,27,28,29)/t22-/m0/s1. The molecule has 1 aromatic heterocycles. The van der Waals surface area contributed by atoms with Crippen molar-refractivity contribution in [3.63, 3.8) is 0 Å². The third kappa shape index (κ3) is 6.60. The number of ether oxygens (including phenoxy) is 1. The van der Waals surface area contributed by atoms with Crippen molar-refractivity contribution >= 4 is 28.6 Å². The minimum atomic E-state index is -0.807. The normalized spacial score (nSPS) is 11.9. The van der Waals surface area contributed by atoms with Crippen molar-refractivity contribution in [1.82, 2.24) is 30.8 Å². The topological polar surface area (TPSA) is 130 Å². The Kier molecular flexibility index (Phi) is 8.66. The number of amides is 2. The summed E-state index contributed by atoms with van der Waals surface area (Å²) in [6.07, 6.45) is 1.01. The lowest BCUT2D eigenvalue weighted by Crippen LogP contribution is -2.52. The van der Waals surface area contributed by atoms with Gasteiger partial charge in [0.1, 0.15) is 12.6 Å². The minimum absolute atomic E-state index is 0.196. The van der Waals surface area contributed by atoms with Gasteiger partial charge in [0, 0.05) is 18.5 Å². The lowest BCUT2D eigenvalue weighted by molar-refractivity contribution is -0.149. The zero-order valence-corrected chi connectivity index (χ0v) is 19.7. The molecule has 0 radical (unpaired) electrons. The monoisotopic (exact) mass is 466 g/mol. The number of aromatic nitrogens is 4. The van der Waals surface area contributed by atoms with Gasteiger partial charge in [-0.15, -0.1) is 10.2 Å². The Balaban J connectivity index is 1.73. The molecule has 10 heteroatoms. The molecule has 2 amide bonds. The van der Waals surface area contributed by atoms with E-state index in [0.717, 1.165) is 10.8 Å². The van der Waals surface area contributed by atoms with Gasteiger partial charge in [-0.05, 0) is 42.2 Å². The molecule has 180 valence electrons.